The molecule has 1 fully saturated rings. The van der Waals surface area contributed by atoms with Crippen LogP contribution < -0.4 is 5.73 Å². The van der Waals surface area contributed by atoms with E-state index < -0.39 is 5.41 Å². The maximum Gasteiger partial charge on any atom is 0.233 e. The number of carbonyl (C=O) groups is 1. The molecule has 0 aliphatic carbocycles. The van der Waals surface area contributed by atoms with Gasteiger partial charge < -0.3 is 15.4 Å². The molecule has 1 aromatic rings. The molecule has 4 nitrogen and oxygen atoms in total. The Morgan fingerprint density at radius 2 is 1.83 bits per heavy atom. The van der Waals surface area contributed by atoms with Crippen molar-refractivity contribution in [2.75, 3.05) is 33.4 Å². The van der Waals surface area contributed by atoms with E-state index >= 15 is 0 Å². The largest absolute Gasteiger partial charge is 0.381 e. The summed E-state index contributed by atoms with van der Waals surface area (Å²) in [5.74, 6) is -0.227. The lowest BCUT2D eigenvalue weighted by Crippen LogP contribution is -2.51. The molecule has 0 unspecified atom stereocenters. The quantitative estimate of drug-likeness (QED) is 0.880. The van der Waals surface area contributed by atoms with Crippen LogP contribution in [0.2, 0.25) is 0 Å². The summed E-state index contributed by atoms with van der Waals surface area (Å²) in [6.45, 7) is 6.27. The standard InChI is InChI=1S/C18H27FN2O2.ClH/c1-17(2,12-20)13-21(3)16(22)18(8-10-23-11-9-18)14-4-6-15(19)7-5-14;/h4-7H,8-13,20H2,1-3H3;1H. The Bertz CT molecular complexity index is 542. The molecule has 6 heteroatoms. The maximum atomic E-state index is 13.3. The average molecular weight is 359 g/mol. The monoisotopic (exact) mass is 358 g/mol. The Morgan fingerprint density at radius 1 is 1.29 bits per heavy atom. The third-order valence-electron chi connectivity index (χ3n) is 4.72. The van der Waals surface area contributed by atoms with Gasteiger partial charge in [0, 0.05) is 26.8 Å². The van der Waals surface area contributed by atoms with Gasteiger partial charge in [0.15, 0.2) is 0 Å². The number of carbonyl (C=O) groups excluding carboxylic acids is 1. The van der Waals surface area contributed by atoms with Gasteiger partial charge in [-0.15, -0.1) is 12.4 Å². The van der Waals surface area contributed by atoms with Crippen LogP contribution in [0.1, 0.15) is 32.3 Å². The van der Waals surface area contributed by atoms with Crippen molar-refractivity contribution in [1.82, 2.24) is 4.90 Å². The van der Waals surface area contributed by atoms with Crippen LogP contribution in [0.25, 0.3) is 0 Å². The van der Waals surface area contributed by atoms with Gasteiger partial charge in [-0.1, -0.05) is 26.0 Å². The van der Waals surface area contributed by atoms with Crippen LogP contribution in [0.15, 0.2) is 24.3 Å². The lowest BCUT2D eigenvalue weighted by Gasteiger charge is -2.41. The zero-order valence-electron chi connectivity index (χ0n) is 14.7. The van der Waals surface area contributed by atoms with Gasteiger partial charge in [-0.2, -0.15) is 0 Å². The number of amides is 1. The Labute approximate surface area is 149 Å². The van der Waals surface area contributed by atoms with Gasteiger partial charge in [-0.05, 0) is 42.5 Å². The molecule has 0 aromatic heterocycles. The summed E-state index contributed by atoms with van der Waals surface area (Å²) in [4.78, 5) is 15.0. The van der Waals surface area contributed by atoms with E-state index in [9.17, 15) is 9.18 Å². The molecule has 1 aromatic carbocycles. The minimum atomic E-state index is -0.634. The number of nitrogens with two attached hydrogens (primary N) is 1. The van der Waals surface area contributed by atoms with E-state index in [2.05, 4.69) is 0 Å². The fourth-order valence-corrected chi connectivity index (χ4v) is 3.26. The summed E-state index contributed by atoms with van der Waals surface area (Å²) in [5, 5.41) is 0. The molecule has 1 amide bonds. The molecule has 0 radical (unpaired) electrons. The summed E-state index contributed by atoms with van der Waals surface area (Å²) in [6.07, 6.45) is 1.23. The lowest BCUT2D eigenvalue weighted by atomic mass is 9.72. The third kappa shape index (κ3) is 4.47. The second-order valence-corrected chi connectivity index (χ2v) is 7.23. The summed E-state index contributed by atoms with van der Waals surface area (Å²) < 4.78 is 18.7. The normalized spacial score (nSPS) is 17.0. The molecule has 0 saturated carbocycles. The van der Waals surface area contributed by atoms with Crippen LogP contribution in [0.4, 0.5) is 4.39 Å². The molecule has 136 valence electrons. The Balaban J connectivity index is 0.00000288. The summed E-state index contributed by atoms with van der Waals surface area (Å²) >= 11 is 0. The van der Waals surface area contributed by atoms with Gasteiger partial charge in [0.25, 0.3) is 0 Å². The SMILES string of the molecule is CN(CC(C)(C)CN)C(=O)C1(c2ccc(F)cc2)CCOCC1.Cl. The maximum absolute atomic E-state index is 13.3. The third-order valence-corrected chi connectivity index (χ3v) is 4.72. The molecule has 0 bridgehead atoms. The van der Waals surface area contributed by atoms with Gasteiger partial charge in [0.05, 0.1) is 5.41 Å². The smallest absolute Gasteiger partial charge is 0.233 e. The van der Waals surface area contributed by atoms with Crippen molar-refractivity contribution in [2.24, 2.45) is 11.1 Å². The minimum absolute atomic E-state index is 0. The number of nitrogens with zero attached hydrogens (tertiary/aromatic N) is 1. The van der Waals surface area contributed by atoms with E-state index in [0.717, 1.165) is 5.56 Å². The Kier molecular flexibility index (Phi) is 7.20. The topological polar surface area (TPSA) is 55.6 Å². The first-order chi connectivity index (χ1) is 10.8. The molecule has 0 atom stereocenters. The number of ether oxygens (including phenoxy) is 1. The van der Waals surface area contributed by atoms with Gasteiger partial charge in [-0.3, -0.25) is 4.79 Å². The van der Waals surface area contributed by atoms with Crippen LogP contribution >= 0.6 is 12.4 Å². The van der Waals surface area contributed by atoms with Crippen molar-refractivity contribution in [2.45, 2.75) is 32.1 Å². The van der Waals surface area contributed by atoms with Gasteiger partial charge in [-0.25, -0.2) is 4.39 Å². The van der Waals surface area contributed by atoms with Crippen molar-refractivity contribution >= 4 is 18.3 Å². The summed E-state index contributed by atoms with van der Waals surface area (Å²) in [7, 11) is 1.82. The van der Waals surface area contributed by atoms with Crippen molar-refractivity contribution in [3.63, 3.8) is 0 Å². The number of hydrogen-bond donors (Lipinski definition) is 1. The molecule has 2 N–H and O–H groups in total. The summed E-state index contributed by atoms with van der Waals surface area (Å²) in [6, 6.07) is 6.29. The summed E-state index contributed by atoms with van der Waals surface area (Å²) in [5.41, 5.74) is 5.89. The predicted octanol–water partition coefficient (Wildman–Crippen LogP) is 2.74. The van der Waals surface area contributed by atoms with E-state index in [1.165, 1.54) is 12.1 Å². The highest BCUT2D eigenvalue weighted by Crippen LogP contribution is 2.37. The van der Waals surface area contributed by atoms with Crippen LogP contribution in [-0.4, -0.2) is 44.2 Å². The highest BCUT2D eigenvalue weighted by molar-refractivity contribution is 5.88. The Hall–Kier alpha value is -1.17. The van der Waals surface area contributed by atoms with Gasteiger partial charge >= 0.3 is 0 Å². The van der Waals surface area contributed by atoms with Crippen LogP contribution in [0.5, 0.6) is 0 Å². The highest BCUT2D eigenvalue weighted by Gasteiger charge is 2.43. The van der Waals surface area contributed by atoms with Crippen molar-refractivity contribution in [1.29, 1.82) is 0 Å². The molecule has 1 saturated heterocycles. The Morgan fingerprint density at radius 3 is 2.33 bits per heavy atom. The second kappa shape index (κ2) is 8.28. The molecular weight excluding hydrogens is 331 g/mol. The fraction of sp³-hybridized carbons (Fsp3) is 0.611. The van der Waals surface area contributed by atoms with Crippen molar-refractivity contribution < 1.29 is 13.9 Å². The van der Waals surface area contributed by atoms with E-state index in [1.54, 1.807) is 17.0 Å². The minimum Gasteiger partial charge on any atom is -0.381 e. The van der Waals surface area contributed by atoms with Gasteiger partial charge in [0.1, 0.15) is 5.82 Å². The molecule has 24 heavy (non-hydrogen) atoms. The van der Waals surface area contributed by atoms with Gasteiger partial charge in [0.2, 0.25) is 5.91 Å². The van der Waals surface area contributed by atoms with E-state index in [1.807, 2.05) is 20.9 Å². The number of hydrogen-bond acceptors (Lipinski definition) is 3. The number of benzene rings is 1. The average Bonchev–Trinajstić information content (AvgIpc) is 2.55. The van der Waals surface area contributed by atoms with Crippen LogP contribution in [0, 0.1) is 11.2 Å². The van der Waals surface area contributed by atoms with E-state index in [4.69, 9.17) is 10.5 Å². The lowest BCUT2D eigenvalue weighted by molar-refractivity contribution is -0.141. The van der Waals surface area contributed by atoms with E-state index in [-0.39, 0.29) is 29.5 Å². The molecule has 2 rings (SSSR count). The molecule has 0 spiro atoms. The molecule has 1 aliphatic heterocycles. The first-order valence-electron chi connectivity index (χ1n) is 8.10. The van der Waals surface area contributed by atoms with Crippen LogP contribution in [-0.2, 0) is 14.9 Å². The second-order valence-electron chi connectivity index (χ2n) is 7.23. The molecule has 1 aliphatic rings. The first-order valence-corrected chi connectivity index (χ1v) is 8.10. The number of likely N-dealkylation sites (N-methyl/N-ethyl adjacent to an activating group) is 1. The van der Waals surface area contributed by atoms with Crippen molar-refractivity contribution in [3.8, 4) is 0 Å². The molecular formula is C18H28ClFN2O2. The fourth-order valence-electron chi connectivity index (χ4n) is 3.26. The first kappa shape index (κ1) is 20.9. The number of rotatable bonds is 5. The zero-order chi connectivity index (χ0) is 17.1. The predicted molar refractivity (Wildman–Crippen MR) is 95.9 cm³/mol. The van der Waals surface area contributed by atoms with Crippen molar-refractivity contribution in [3.05, 3.63) is 35.6 Å². The number of halogens is 2. The van der Waals surface area contributed by atoms with E-state index in [0.29, 0.717) is 39.1 Å². The van der Waals surface area contributed by atoms with Crippen LogP contribution in [0.3, 0.4) is 0 Å². The zero-order valence-corrected chi connectivity index (χ0v) is 15.5. The highest BCUT2D eigenvalue weighted by atomic mass is 35.5. The molecule has 1 heterocycles.